The summed E-state index contributed by atoms with van der Waals surface area (Å²) >= 11 is 0. The van der Waals surface area contributed by atoms with Gasteiger partial charge in [-0.25, -0.2) is 0 Å². The summed E-state index contributed by atoms with van der Waals surface area (Å²) in [5.74, 6) is -0.994. The summed E-state index contributed by atoms with van der Waals surface area (Å²) in [6.45, 7) is 5.13. The van der Waals surface area contributed by atoms with Gasteiger partial charge in [-0.15, -0.1) is 0 Å². The van der Waals surface area contributed by atoms with Crippen LogP contribution in [-0.4, -0.2) is 37.4 Å². The third-order valence-electron chi connectivity index (χ3n) is 4.87. The molecule has 0 fully saturated rings. The summed E-state index contributed by atoms with van der Waals surface area (Å²) in [5.41, 5.74) is -1.16. The molecule has 0 amide bonds. The van der Waals surface area contributed by atoms with Gasteiger partial charge in [0.2, 0.25) is 0 Å². The molecule has 31 heavy (non-hydrogen) atoms. The molecule has 6 heteroatoms. The van der Waals surface area contributed by atoms with Crippen molar-refractivity contribution >= 4 is 17.9 Å². The fourth-order valence-electron chi connectivity index (χ4n) is 3.21. The van der Waals surface area contributed by atoms with Crippen molar-refractivity contribution in [3.63, 3.8) is 0 Å². The zero-order chi connectivity index (χ0) is 22.8. The van der Waals surface area contributed by atoms with Gasteiger partial charge in [0.1, 0.15) is 17.1 Å². The summed E-state index contributed by atoms with van der Waals surface area (Å²) in [6, 6.07) is 7.71. The van der Waals surface area contributed by atoms with Gasteiger partial charge in [-0.05, 0) is 57.2 Å². The highest BCUT2D eigenvalue weighted by Crippen LogP contribution is 2.45. The molecule has 0 saturated heterocycles. The molecule has 4 N–H and O–H groups in total. The highest BCUT2D eigenvalue weighted by atomic mass is 16.5. The van der Waals surface area contributed by atoms with Crippen LogP contribution < -0.4 is 4.74 Å². The molecule has 0 aromatic heterocycles. The molecule has 1 heterocycles. The maximum absolute atomic E-state index is 12.6. The van der Waals surface area contributed by atoms with E-state index < -0.39 is 17.0 Å². The largest absolute Gasteiger partial charge is 0.507 e. The number of benzene rings is 2. The minimum atomic E-state index is -0.952. The minimum absolute atomic E-state index is 0.0262. The molecule has 3 rings (SSSR count). The maximum Gasteiger partial charge on any atom is 0.189 e. The first-order valence-electron chi connectivity index (χ1n) is 9.87. The van der Waals surface area contributed by atoms with Crippen molar-refractivity contribution in [3.8, 4) is 23.0 Å². The molecule has 0 bridgehead atoms. The lowest BCUT2D eigenvalue weighted by Crippen LogP contribution is -2.31. The standard InChI is InChI=1S/C25H26O6/c1-24(2,30)12-6-13-25(3)14-11-17-22(29)18(15-21(28)23(17)31-25)20(27)10-9-16-7-4-5-8-19(16)26/h4-12,14-15,26,28-30H,13H2,1-3H3/b10-9+,12-6+. The zero-order valence-corrected chi connectivity index (χ0v) is 17.7. The molecule has 2 aromatic carbocycles. The van der Waals surface area contributed by atoms with Crippen LogP contribution in [0, 0.1) is 0 Å². The number of ether oxygens (including phenoxy) is 1. The predicted octanol–water partition coefficient (Wildman–Crippen LogP) is 4.58. The lowest BCUT2D eigenvalue weighted by atomic mass is 9.93. The Morgan fingerprint density at radius 1 is 1.16 bits per heavy atom. The number of phenolic OH excluding ortho intramolecular Hbond substituents is 3. The van der Waals surface area contributed by atoms with Crippen LogP contribution in [0.5, 0.6) is 23.0 Å². The molecule has 6 nitrogen and oxygen atoms in total. The second-order valence-electron chi connectivity index (χ2n) is 8.30. The number of aromatic hydroxyl groups is 3. The number of phenols is 3. The molecular weight excluding hydrogens is 396 g/mol. The molecule has 2 aromatic rings. The molecule has 0 radical (unpaired) electrons. The average Bonchev–Trinajstić information content (AvgIpc) is 2.68. The van der Waals surface area contributed by atoms with E-state index in [2.05, 4.69) is 0 Å². The molecule has 1 aliphatic heterocycles. The van der Waals surface area contributed by atoms with Crippen LogP contribution in [0.2, 0.25) is 0 Å². The number of hydrogen-bond donors (Lipinski definition) is 4. The van der Waals surface area contributed by atoms with Gasteiger partial charge < -0.3 is 25.2 Å². The van der Waals surface area contributed by atoms with Gasteiger partial charge in [0.05, 0.1) is 16.7 Å². The van der Waals surface area contributed by atoms with E-state index in [1.54, 1.807) is 56.4 Å². The van der Waals surface area contributed by atoms with E-state index in [9.17, 15) is 25.2 Å². The Balaban J connectivity index is 1.87. The highest BCUT2D eigenvalue weighted by molar-refractivity contribution is 6.10. The van der Waals surface area contributed by atoms with E-state index in [1.165, 1.54) is 18.2 Å². The zero-order valence-electron chi connectivity index (χ0n) is 17.7. The van der Waals surface area contributed by atoms with Crippen molar-refractivity contribution in [2.75, 3.05) is 0 Å². The van der Waals surface area contributed by atoms with Crippen LogP contribution in [0.4, 0.5) is 0 Å². The fourth-order valence-corrected chi connectivity index (χ4v) is 3.21. The quantitative estimate of drug-likeness (QED) is 0.235. The Hall–Kier alpha value is -3.51. The first-order valence-corrected chi connectivity index (χ1v) is 9.87. The van der Waals surface area contributed by atoms with Gasteiger partial charge in [-0.3, -0.25) is 4.79 Å². The number of hydrogen-bond acceptors (Lipinski definition) is 6. The van der Waals surface area contributed by atoms with Crippen LogP contribution in [0.25, 0.3) is 12.2 Å². The number of rotatable bonds is 6. The summed E-state index contributed by atoms with van der Waals surface area (Å²) in [4.78, 5) is 12.6. The van der Waals surface area contributed by atoms with Gasteiger partial charge in [-0.2, -0.15) is 0 Å². The number of fused-ring (bicyclic) bond motifs is 1. The number of carbonyl (C=O) groups excluding carboxylic acids is 1. The second kappa shape index (κ2) is 8.32. The minimum Gasteiger partial charge on any atom is -0.507 e. The lowest BCUT2D eigenvalue weighted by molar-refractivity contribution is 0.104. The van der Waals surface area contributed by atoms with Crippen LogP contribution in [0.15, 0.2) is 54.6 Å². The van der Waals surface area contributed by atoms with Gasteiger partial charge in [-0.1, -0.05) is 30.4 Å². The third-order valence-corrected chi connectivity index (χ3v) is 4.87. The van der Waals surface area contributed by atoms with Crippen LogP contribution in [0.3, 0.4) is 0 Å². The number of carbonyl (C=O) groups is 1. The second-order valence-corrected chi connectivity index (χ2v) is 8.30. The molecule has 162 valence electrons. The Morgan fingerprint density at radius 3 is 2.55 bits per heavy atom. The van der Waals surface area contributed by atoms with Crippen LogP contribution in [-0.2, 0) is 0 Å². The summed E-state index contributed by atoms with van der Waals surface area (Å²) in [7, 11) is 0. The van der Waals surface area contributed by atoms with Crippen LogP contribution in [0.1, 0.15) is 48.7 Å². The van der Waals surface area contributed by atoms with Crippen LogP contribution >= 0.6 is 0 Å². The number of allylic oxidation sites excluding steroid dienone is 1. The Morgan fingerprint density at radius 2 is 1.87 bits per heavy atom. The number of para-hydroxylation sites is 1. The topological polar surface area (TPSA) is 107 Å². The molecule has 0 aliphatic carbocycles. The Bertz CT molecular complexity index is 1090. The molecular formula is C25H26O6. The summed E-state index contributed by atoms with van der Waals surface area (Å²) < 4.78 is 5.93. The van der Waals surface area contributed by atoms with E-state index in [1.807, 2.05) is 6.92 Å². The van der Waals surface area contributed by atoms with Gasteiger partial charge in [0, 0.05) is 12.0 Å². The first-order chi connectivity index (χ1) is 14.5. The molecule has 1 atom stereocenters. The van der Waals surface area contributed by atoms with E-state index in [0.717, 1.165) is 6.07 Å². The van der Waals surface area contributed by atoms with Crippen molar-refractivity contribution < 1.29 is 30.0 Å². The molecule has 0 saturated carbocycles. The van der Waals surface area contributed by atoms with Gasteiger partial charge in [0.25, 0.3) is 0 Å². The molecule has 1 aliphatic rings. The van der Waals surface area contributed by atoms with E-state index in [4.69, 9.17) is 4.74 Å². The van der Waals surface area contributed by atoms with Gasteiger partial charge >= 0.3 is 0 Å². The SMILES string of the molecule is CC(C)(O)/C=C/CC1(C)C=Cc2c(O)c(C(=O)/C=C/c3ccccc3O)cc(O)c2O1. The summed E-state index contributed by atoms with van der Waals surface area (Å²) in [5, 5.41) is 40.7. The first kappa shape index (κ1) is 22.2. The normalized spacial score (nSPS) is 18.3. The average molecular weight is 422 g/mol. The Labute approximate surface area is 181 Å². The highest BCUT2D eigenvalue weighted by Gasteiger charge is 2.31. The molecule has 0 spiro atoms. The summed E-state index contributed by atoms with van der Waals surface area (Å²) in [6.07, 6.45) is 9.86. The van der Waals surface area contributed by atoms with Crippen molar-refractivity contribution in [2.45, 2.75) is 38.4 Å². The van der Waals surface area contributed by atoms with Crippen molar-refractivity contribution in [2.24, 2.45) is 0 Å². The monoisotopic (exact) mass is 422 g/mol. The van der Waals surface area contributed by atoms with E-state index in [0.29, 0.717) is 12.0 Å². The van der Waals surface area contributed by atoms with E-state index >= 15 is 0 Å². The molecule has 1 unspecified atom stereocenters. The third kappa shape index (κ3) is 5.16. The van der Waals surface area contributed by atoms with Crippen molar-refractivity contribution in [1.29, 1.82) is 0 Å². The fraction of sp³-hybridized carbons (Fsp3) is 0.240. The van der Waals surface area contributed by atoms with Crippen molar-refractivity contribution in [1.82, 2.24) is 0 Å². The smallest absolute Gasteiger partial charge is 0.189 e. The van der Waals surface area contributed by atoms with E-state index in [-0.39, 0.29) is 34.1 Å². The number of ketones is 1. The van der Waals surface area contributed by atoms with Gasteiger partial charge in [0.15, 0.2) is 17.3 Å². The van der Waals surface area contributed by atoms with Crippen molar-refractivity contribution in [3.05, 3.63) is 71.3 Å². The predicted molar refractivity (Wildman–Crippen MR) is 119 cm³/mol. The Kier molecular flexibility index (Phi) is 5.95. The lowest BCUT2D eigenvalue weighted by Gasteiger charge is -2.32. The maximum atomic E-state index is 12.6. The number of aliphatic hydroxyl groups is 1.